The number of aliphatic carboxylic acids is 1. The van der Waals surface area contributed by atoms with Crippen molar-refractivity contribution in [3.8, 4) is 0 Å². The highest BCUT2D eigenvalue weighted by Crippen LogP contribution is 2.07. The van der Waals surface area contributed by atoms with Crippen LogP contribution < -0.4 is 0 Å². The largest absolute Gasteiger partial charge is 0.481 e. The van der Waals surface area contributed by atoms with Gasteiger partial charge in [0.2, 0.25) is 0 Å². The Morgan fingerprint density at radius 1 is 0.415 bits per heavy atom. The molecule has 0 fully saturated rings. The van der Waals surface area contributed by atoms with Gasteiger partial charge < -0.3 is 43.0 Å². The molecule has 0 heterocycles. The molecule has 0 aromatic carbocycles. The average molecular weight is 595 g/mol. The normalized spacial score (nSPS) is 11.0. The van der Waals surface area contributed by atoms with Crippen molar-refractivity contribution in [3.05, 3.63) is 0 Å². The van der Waals surface area contributed by atoms with Crippen molar-refractivity contribution < 1.29 is 57.4 Å². The first-order chi connectivity index (χ1) is 20.1. The number of ether oxygens (including phenoxy) is 8. The van der Waals surface area contributed by atoms with Gasteiger partial charge in [-0.3, -0.25) is 14.4 Å². The van der Waals surface area contributed by atoms with Crippen LogP contribution in [0.5, 0.6) is 0 Å². The highest BCUT2D eigenvalue weighted by atomic mass is 16.6. The third-order valence-corrected chi connectivity index (χ3v) is 5.60. The van der Waals surface area contributed by atoms with Gasteiger partial charge in [0.25, 0.3) is 0 Å². The second kappa shape index (κ2) is 32.7. The Kier molecular flexibility index (Phi) is 31.2. The van der Waals surface area contributed by atoms with E-state index in [1.165, 1.54) is 25.7 Å². The molecule has 12 heteroatoms. The minimum atomic E-state index is -0.863. The molecule has 0 radical (unpaired) electrons. The number of carboxylic acids is 1. The van der Waals surface area contributed by atoms with Gasteiger partial charge in [-0.2, -0.15) is 0 Å². The summed E-state index contributed by atoms with van der Waals surface area (Å²) < 4.78 is 42.5. The zero-order chi connectivity index (χ0) is 30.1. The SMILES string of the molecule is CCCCCCCCC(=O)OCCOCCOCCOCCOCCOCCOCCOC(=O)CCCCC(=O)O. The Bertz CT molecular complexity index is 602. The lowest BCUT2D eigenvalue weighted by Crippen LogP contribution is -2.15. The first-order valence-corrected chi connectivity index (χ1v) is 15.1. The topological polar surface area (TPSA) is 145 Å². The standard InChI is InChI=1S/C29H54O12/c1-2-3-4-5-6-7-11-28(32)40-25-23-38-21-19-36-17-15-34-13-14-35-16-18-37-20-22-39-24-26-41-29(33)12-9-8-10-27(30)31/h2-26H2,1H3,(H,30,31). The average Bonchev–Trinajstić information content (AvgIpc) is 2.95. The van der Waals surface area contributed by atoms with Gasteiger partial charge in [-0.1, -0.05) is 39.0 Å². The fourth-order valence-corrected chi connectivity index (χ4v) is 3.37. The van der Waals surface area contributed by atoms with E-state index < -0.39 is 5.97 Å². The number of carbonyl (C=O) groups excluding carboxylic acids is 2. The highest BCUT2D eigenvalue weighted by molar-refractivity contribution is 5.70. The Morgan fingerprint density at radius 3 is 1.07 bits per heavy atom. The lowest BCUT2D eigenvalue weighted by Gasteiger charge is -2.09. The lowest BCUT2D eigenvalue weighted by atomic mass is 10.1. The third-order valence-electron chi connectivity index (χ3n) is 5.60. The molecule has 0 rings (SSSR count). The van der Waals surface area contributed by atoms with E-state index in [1.54, 1.807) is 0 Å². The summed E-state index contributed by atoms with van der Waals surface area (Å²) in [7, 11) is 0. The number of carboxylic acid groups (broad SMARTS) is 1. The molecule has 0 aliphatic heterocycles. The lowest BCUT2D eigenvalue weighted by molar-refractivity contribution is -0.146. The molecule has 0 aromatic rings. The number of rotatable bonds is 33. The van der Waals surface area contributed by atoms with E-state index in [2.05, 4.69) is 6.92 Å². The number of unbranched alkanes of at least 4 members (excludes halogenated alkanes) is 6. The molecule has 0 aliphatic rings. The molecule has 0 bridgehead atoms. The van der Waals surface area contributed by atoms with Crippen LogP contribution in [0, 0.1) is 0 Å². The van der Waals surface area contributed by atoms with Crippen molar-refractivity contribution >= 4 is 17.9 Å². The second-order valence-electron chi connectivity index (χ2n) is 9.23. The summed E-state index contributed by atoms with van der Waals surface area (Å²) in [6.07, 6.45) is 8.61. The van der Waals surface area contributed by atoms with Crippen molar-refractivity contribution in [1.82, 2.24) is 0 Å². The van der Waals surface area contributed by atoms with Gasteiger partial charge in [0, 0.05) is 19.3 Å². The van der Waals surface area contributed by atoms with E-state index in [4.69, 9.17) is 43.0 Å². The van der Waals surface area contributed by atoms with Gasteiger partial charge in [-0.05, 0) is 19.3 Å². The monoisotopic (exact) mass is 594 g/mol. The molecule has 41 heavy (non-hydrogen) atoms. The van der Waals surface area contributed by atoms with E-state index in [-0.39, 0.29) is 44.6 Å². The van der Waals surface area contributed by atoms with Crippen LogP contribution in [0.25, 0.3) is 0 Å². The molecular weight excluding hydrogens is 540 g/mol. The maximum Gasteiger partial charge on any atom is 0.305 e. The molecule has 1 N–H and O–H groups in total. The maximum absolute atomic E-state index is 11.6. The van der Waals surface area contributed by atoms with Gasteiger partial charge in [0.15, 0.2) is 0 Å². The summed E-state index contributed by atoms with van der Waals surface area (Å²) in [5, 5.41) is 8.53. The molecule has 0 atom stereocenters. The van der Waals surface area contributed by atoms with Crippen LogP contribution in [0.15, 0.2) is 0 Å². The zero-order valence-electron chi connectivity index (χ0n) is 25.1. The van der Waals surface area contributed by atoms with E-state index in [1.807, 2.05) is 0 Å². The first-order valence-electron chi connectivity index (χ1n) is 15.1. The molecule has 12 nitrogen and oxygen atoms in total. The molecule has 0 unspecified atom stereocenters. The van der Waals surface area contributed by atoms with E-state index >= 15 is 0 Å². The number of hydrogen-bond donors (Lipinski definition) is 1. The van der Waals surface area contributed by atoms with Crippen LogP contribution in [0.3, 0.4) is 0 Å². The smallest absolute Gasteiger partial charge is 0.305 e. The fourth-order valence-electron chi connectivity index (χ4n) is 3.37. The van der Waals surface area contributed by atoms with Crippen LogP contribution in [0.1, 0.15) is 77.6 Å². The van der Waals surface area contributed by atoms with Crippen molar-refractivity contribution in [2.24, 2.45) is 0 Å². The molecule has 242 valence electrons. The van der Waals surface area contributed by atoms with E-state index in [9.17, 15) is 14.4 Å². The molecule has 0 saturated carbocycles. The molecule has 0 saturated heterocycles. The highest BCUT2D eigenvalue weighted by Gasteiger charge is 2.04. The number of hydrogen-bond acceptors (Lipinski definition) is 11. The zero-order valence-corrected chi connectivity index (χ0v) is 25.1. The molecule has 0 spiro atoms. The van der Waals surface area contributed by atoms with Crippen LogP contribution >= 0.6 is 0 Å². The predicted molar refractivity (Wildman–Crippen MR) is 151 cm³/mol. The predicted octanol–water partition coefficient (Wildman–Crippen LogP) is 3.57. The van der Waals surface area contributed by atoms with Gasteiger partial charge in [-0.25, -0.2) is 0 Å². The summed E-state index contributed by atoms with van der Waals surface area (Å²) >= 11 is 0. The van der Waals surface area contributed by atoms with Crippen LogP contribution in [0.4, 0.5) is 0 Å². The third kappa shape index (κ3) is 34.3. The minimum Gasteiger partial charge on any atom is -0.481 e. The van der Waals surface area contributed by atoms with Crippen molar-refractivity contribution in [2.75, 3.05) is 92.5 Å². The van der Waals surface area contributed by atoms with Crippen LogP contribution in [-0.2, 0) is 52.3 Å². The molecular formula is C29H54O12. The van der Waals surface area contributed by atoms with E-state index in [0.717, 1.165) is 12.8 Å². The quantitative estimate of drug-likeness (QED) is 0.0876. The Labute approximate surface area is 245 Å². The Balaban J connectivity index is 3.16. The number of esters is 2. The van der Waals surface area contributed by atoms with Gasteiger partial charge in [0.05, 0.1) is 79.3 Å². The fraction of sp³-hybridized carbons (Fsp3) is 0.897. The van der Waals surface area contributed by atoms with Crippen molar-refractivity contribution in [2.45, 2.75) is 77.6 Å². The summed E-state index contributed by atoms with van der Waals surface area (Å²) in [6, 6.07) is 0. The van der Waals surface area contributed by atoms with E-state index in [0.29, 0.717) is 91.9 Å². The molecule has 0 amide bonds. The Hall–Kier alpha value is -1.83. The van der Waals surface area contributed by atoms with Gasteiger partial charge in [-0.15, -0.1) is 0 Å². The molecule has 0 aliphatic carbocycles. The number of carbonyl (C=O) groups is 3. The molecule has 0 aromatic heterocycles. The summed E-state index contributed by atoms with van der Waals surface area (Å²) in [4.78, 5) is 33.5. The second-order valence-corrected chi connectivity index (χ2v) is 9.23. The van der Waals surface area contributed by atoms with Gasteiger partial charge >= 0.3 is 17.9 Å². The van der Waals surface area contributed by atoms with Gasteiger partial charge in [0.1, 0.15) is 13.2 Å². The summed E-state index contributed by atoms with van der Waals surface area (Å²) in [5.74, 6) is -1.36. The Morgan fingerprint density at radius 2 is 0.707 bits per heavy atom. The summed E-state index contributed by atoms with van der Waals surface area (Å²) in [5.41, 5.74) is 0. The first kappa shape index (κ1) is 39.2. The minimum absolute atomic E-state index is 0.0607. The summed E-state index contributed by atoms with van der Waals surface area (Å²) in [6.45, 7) is 7.71. The maximum atomic E-state index is 11.6. The van der Waals surface area contributed by atoms with Crippen LogP contribution in [0.2, 0.25) is 0 Å². The van der Waals surface area contributed by atoms with Crippen molar-refractivity contribution in [3.63, 3.8) is 0 Å². The van der Waals surface area contributed by atoms with Crippen LogP contribution in [-0.4, -0.2) is 116 Å². The van der Waals surface area contributed by atoms with Crippen molar-refractivity contribution in [1.29, 1.82) is 0 Å².